The zero-order valence-electron chi connectivity index (χ0n) is 28.7. The predicted molar refractivity (Wildman–Crippen MR) is 179 cm³/mol. The first-order valence-electron chi connectivity index (χ1n) is 15.3. The number of halogens is 5. The zero-order valence-corrected chi connectivity index (χ0v) is 30.5. The molecule has 0 unspecified atom stereocenters. The summed E-state index contributed by atoms with van der Waals surface area (Å²) in [5, 5.41) is 10.7. The van der Waals surface area contributed by atoms with Gasteiger partial charge in [0, 0.05) is 11.8 Å². The van der Waals surface area contributed by atoms with Crippen molar-refractivity contribution in [2.45, 2.75) is 92.4 Å². The van der Waals surface area contributed by atoms with Crippen molar-refractivity contribution < 1.29 is 46.5 Å². The van der Waals surface area contributed by atoms with Gasteiger partial charge in [-0.2, -0.15) is 0 Å². The summed E-state index contributed by atoms with van der Waals surface area (Å²) in [5.41, 5.74) is 7.89. The van der Waals surface area contributed by atoms with E-state index in [2.05, 4.69) is 112 Å². The first kappa shape index (κ1) is 41.6. The van der Waals surface area contributed by atoms with Gasteiger partial charge in [-0.15, -0.1) is 6.07 Å². The molecule has 0 bridgehead atoms. The van der Waals surface area contributed by atoms with Crippen LogP contribution in [0.1, 0.15) is 113 Å². The molecule has 0 aliphatic rings. The molecule has 0 fully saturated rings. The molecular formula is C39H45F5NORu. The van der Waals surface area contributed by atoms with Crippen molar-refractivity contribution in [3.63, 3.8) is 0 Å². The van der Waals surface area contributed by atoms with Crippen LogP contribution in [0.4, 0.5) is 27.6 Å². The minimum Gasteiger partial charge on any atom is -0.507 e. The van der Waals surface area contributed by atoms with Gasteiger partial charge in [0.15, 0.2) is 0 Å². The van der Waals surface area contributed by atoms with E-state index in [9.17, 15) is 27.1 Å². The summed E-state index contributed by atoms with van der Waals surface area (Å²) in [4.78, 5) is 4.82. The predicted octanol–water partition coefficient (Wildman–Crippen LogP) is 12.0. The summed E-state index contributed by atoms with van der Waals surface area (Å²) in [6.45, 7) is 21.6. The first-order chi connectivity index (χ1) is 21.4. The molecule has 0 spiro atoms. The van der Waals surface area contributed by atoms with Crippen molar-refractivity contribution in [3.8, 4) is 5.75 Å². The molecule has 0 aromatic heterocycles. The maximum Gasteiger partial charge on any atom is 1.00 e. The van der Waals surface area contributed by atoms with E-state index in [4.69, 9.17) is 4.99 Å². The van der Waals surface area contributed by atoms with E-state index in [1.165, 1.54) is 22.3 Å². The van der Waals surface area contributed by atoms with Gasteiger partial charge in [0.2, 0.25) is 0 Å². The minimum absolute atomic E-state index is 0. The number of phenols is 1. The van der Waals surface area contributed by atoms with E-state index in [0.29, 0.717) is 23.5 Å². The van der Waals surface area contributed by atoms with Gasteiger partial charge in [-0.25, -0.2) is 13.2 Å². The number of para-hydroxylation sites is 2. The van der Waals surface area contributed by atoms with E-state index in [-0.39, 0.29) is 24.9 Å². The third-order valence-corrected chi connectivity index (χ3v) is 7.28. The summed E-state index contributed by atoms with van der Waals surface area (Å²) in [6, 6.07) is 22.0. The van der Waals surface area contributed by atoms with E-state index in [1.807, 2.05) is 18.2 Å². The van der Waals surface area contributed by atoms with Crippen LogP contribution < -0.4 is 0 Å². The Balaban J connectivity index is 0.000000413. The number of aromatic hydroxyl groups is 1. The van der Waals surface area contributed by atoms with Crippen LogP contribution in [0.3, 0.4) is 0 Å². The van der Waals surface area contributed by atoms with Crippen LogP contribution in [0.15, 0.2) is 65.7 Å². The summed E-state index contributed by atoms with van der Waals surface area (Å²) >= 11 is 0. The number of hydrogen-bond donors (Lipinski definition) is 1. The molecule has 2 nitrogen and oxygen atoms in total. The molecule has 1 radical (unpaired) electrons. The summed E-state index contributed by atoms with van der Waals surface area (Å²) in [7, 11) is 0. The molecule has 4 aromatic carbocycles. The van der Waals surface area contributed by atoms with Gasteiger partial charge in [0.05, 0.1) is 34.8 Å². The maximum atomic E-state index is 12.0. The molecule has 0 saturated carbocycles. The Hall–Kier alpha value is -3.38. The van der Waals surface area contributed by atoms with Crippen molar-refractivity contribution in [3.05, 3.63) is 129 Å². The maximum absolute atomic E-state index is 12.0. The van der Waals surface area contributed by atoms with Crippen LogP contribution >= 0.6 is 0 Å². The number of phenolic OH excluding ortho intramolecular Hbond substituents is 1. The minimum atomic E-state index is -2.17. The normalized spacial score (nSPS) is 11.3. The van der Waals surface area contributed by atoms with E-state index in [0.717, 1.165) is 22.9 Å². The van der Waals surface area contributed by atoms with E-state index >= 15 is 0 Å². The Morgan fingerprint density at radius 1 is 0.681 bits per heavy atom. The smallest absolute Gasteiger partial charge is 0.507 e. The Bertz CT molecular complexity index is 1570. The van der Waals surface area contributed by atoms with E-state index < -0.39 is 29.1 Å². The topological polar surface area (TPSA) is 32.6 Å². The molecule has 4 aromatic rings. The summed E-state index contributed by atoms with van der Waals surface area (Å²) in [6.07, 6.45) is 1.80. The molecule has 8 heteroatoms. The molecule has 4 rings (SSSR count). The second kappa shape index (κ2) is 18.2. The number of benzene rings is 4. The Labute approximate surface area is 289 Å². The fourth-order valence-corrected chi connectivity index (χ4v) is 4.51. The van der Waals surface area contributed by atoms with Gasteiger partial charge in [-0.3, -0.25) is 13.8 Å². The quantitative estimate of drug-likeness (QED) is 0.0542. The fraction of sp³-hybridized carbons (Fsp3) is 0.359. The monoisotopic (exact) mass is 740 g/mol. The van der Waals surface area contributed by atoms with Crippen LogP contribution in [0.5, 0.6) is 5.75 Å². The SMILES string of the molecule is CC(C)c1cccc(C(C)C)c1N=Cc1cccc(C(C)(C)C)c1O.Cc1ccc(C(C)C)cc1.Fc1[c-]c(F)c(F)c(F)c1F.[Ru+]. The van der Waals surface area contributed by atoms with Crippen LogP contribution in [0.25, 0.3) is 0 Å². The second-order valence-corrected chi connectivity index (χ2v) is 13.1. The molecule has 47 heavy (non-hydrogen) atoms. The number of nitrogens with zero attached hydrogens (tertiary/aromatic N) is 1. The van der Waals surface area contributed by atoms with E-state index in [1.54, 1.807) is 6.21 Å². The van der Waals surface area contributed by atoms with Crippen molar-refractivity contribution >= 4 is 11.9 Å². The summed E-state index contributed by atoms with van der Waals surface area (Å²) < 4.78 is 59.9. The Morgan fingerprint density at radius 3 is 1.57 bits per heavy atom. The summed E-state index contributed by atoms with van der Waals surface area (Å²) in [5.74, 6) is -8.26. The molecule has 0 amide bonds. The largest absolute Gasteiger partial charge is 1.00 e. The average molecular weight is 740 g/mol. The van der Waals surface area contributed by atoms with Gasteiger partial charge in [0.25, 0.3) is 0 Å². The molecule has 255 valence electrons. The number of aryl methyl sites for hydroxylation is 1. The molecule has 1 N–H and O–H groups in total. The van der Waals surface area contributed by atoms with Crippen molar-refractivity contribution in [1.29, 1.82) is 0 Å². The van der Waals surface area contributed by atoms with Crippen molar-refractivity contribution in [2.24, 2.45) is 4.99 Å². The van der Waals surface area contributed by atoms with Gasteiger partial charge < -0.3 is 5.11 Å². The van der Waals surface area contributed by atoms with Crippen LogP contribution in [-0.4, -0.2) is 11.3 Å². The van der Waals surface area contributed by atoms with Crippen molar-refractivity contribution in [1.82, 2.24) is 0 Å². The van der Waals surface area contributed by atoms with Gasteiger partial charge >= 0.3 is 19.5 Å². The first-order valence-corrected chi connectivity index (χ1v) is 15.3. The van der Waals surface area contributed by atoms with Crippen molar-refractivity contribution in [2.75, 3.05) is 0 Å². The molecular weight excluding hydrogens is 694 g/mol. The molecule has 0 heterocycles. The Morgan fingerprint density at radius 2 is 1.15 bits per heavy atom. The molecule has 0 aliphatic heterocycles. The number of rotatable bonds is 5. The zero-order chi connectivity index (χ0) is 34.9. The van der Waals surface area contributed by atoms with Gasteiger partial charge in [0.1, 0.15) is 5.75 Å². The third-order valence-electron chi connectivity index (χ3n) is 7.28. The van der Waals surface area contributed by atoms with Crippen LogP contribution in [-0.2, 0) is 24.9 Å². The number of hydrogen-bond acceptors (Lipinski definition) is 2. The molecule has 0 aliphatic carbocycles. The second-order valence-electron chi connectivity index (χ2n) is 13.1. The average Bonchev–Trinajstić information content (AvgIpc) is 2.98. The molecule has 0 saturated heterocycles. The Kier molecular flexibility index (Phi) is 16.2. The third kappa shape index (κ3) is 11.7. The van der Waals surface area contributed by atoms with Crippen LogP contribution in [0.2, 0.25) is 0 Å². The molecule has 0 atom stereocenters. The van der Waals surface area contributed by atoms with Gasteiger partial charge in [-0.05, 0) is 58.4 Å². The standard InChI is InChI=1S/C23H31NO.C10H14.C6F5.Ru/c1-15(2)18-11-9-12-19(16(3)4)21(18)24-14-17-10-8-13-20(22(17)25)23(5,6)7;1-8(2)10-6-4-9(3)5-7-10;7-2-1-3(8)5(10)6(11)4(2)9;/h8-16,25H,1-7H3;4-8H,1-3H3;;/q;;-1;+1. The fourth-order valence-electron chi connectivity index (χ4n) is 4.51. The number of aliphatic imine (C=N–C) groups is 1. The van der Waals surface area contributed by atoms with Crippen LogP contribution in [0, 0.1) is 42.1 Å². The van der Waals surface area contributed by atoms with Gasteiger partial charge in [-0.1, -0.05) is 122 Å².